The van der Waals surface area contributed by atoms with E-state index >= 15 is 4.39 Å². The molecule has 58 heavy (non-hydrogen) atoms. The van der Waals surface area contributed by atoms with E-state index in [9.17, 15) is 18.0 Å². The van der Waals surface area contributed by atoms with Crippen LogP contribution in [0.2, 0.25) is 0 Å². The van der Waals surface area contributed by atoms with Gasteiger partial charge in [0.1, 0.15) is 17.2 Å². The van der Waals surface area contributed by atoms with Crippen LogP contribution in [0.3, 0.4) is 0 Å². The highest BCUT2D eigenvalue weighted by Gasteiger charge is 2.54. The summed E-state index contributed by atoms with van der Waals surface area (Å²) in [7, 11) is -0.538. The molecule has 0 unspecified atom stereocenters. The molecule has 8 rings (SSSR count). The first kappa shape index (κ1) is 40.5. The molecule has 2 amide bonds. The Morgan fingerprint density at radius 3 is 2.43 bits per heavy atom. The van der Waals surface area contributed by atoms with Crippen LogP contribution in [0.15, 0.2) is 78.5 Å². The molecule has 4 saturated heterocycles. The smallest absolute Gasteiger partial charge is 0.407 e. The second kappa shape index (κ2) is 16.0. The number of hydrogen-bond donors (Lipinski definition) is 1. The number of ether oxygens (including phenoxy) is 2. The van der Waals surface area contributed by atoms with Crippen molar-refractivity contribution in [2.45, 2.75) is 86.0 Å². The van der Waals surface area contributed by atoms with Crippen molar-refractivity contribution in [1.82, 2.24) is 29.0 Å². The van der Waals surface area contributed by atoms with E-state index in [0.717, 1.165) is 68.8 Å². The van der Waals surface area contributed by atoms with Crippen molar-refractivity contribution in [3.8, 4) is 0 Å². The van der Waals surface area contributed by atoms with Gasteiger partial charge in [-0.2, -0.15) is 4.31 Å². The molecule has 1 N–H and O–H groups in total. The van der Waals surface area contributed by atoms with E-state index in [1.807, 2.05) is 37.5 Å². The summed E-state index contributed by atoms with van der Waals surface area (Å²) in [6.07, 6.45) is 9.82. The van der Waals surface area contributed by atoms with Crippen LogP contribution in [-0.4, -0.2) is 128 Å². The number of carbonyl (C=O) groups is 2. The van der Waals surface area contributed by atoms with Crippen molar-refractivity contribution < 1.29 is 31.9 Å². The van der Waals surface area contributed by atoms with Crippen molar-refractivity contribution in [3.05, 3.63) is 90.8 Å². The molecule has 1 aromatic heterocycles. The number of aryl methyl sites for hydroxylation is 1. The highest BCUT2D eigenvalue weighted by Crippen LogP contribution is 2.52. The van der Waals surface area contributed by atoms with Crippen LogP contribution in [-0.2, 0) is 36.3 Å². The Bertz CT molecular complexity index is 2100. The van der Waals surface area contributed by atoms with Gasteiger partial charge in [-0.15, -0.1) is 0 Å². The molecule has 312 valence electrons. The number of benzene rings is 2. The number of imidazole rings is 1. The van der Waals surface area contributed by atoms with Gasteiger partial charge < -0.3 is 34.1 Å². The summed E-state index contributed by atoms with van der Waals surface area (Å²) in [5.41, 5.74) is 1.05. The third kappa shape index (κ3) is 7.32. The predicted molar refractivity (Wildman–Crippen MR) is 217 cm³/mol. The Kier molecular flexibility index (Phi) is 11.2. The number of fused-ring (bicyclic) bond motifs is 2. The van der Waals surface area contributed by atoms with Crippen LogP contribution in [0.5, 0.6) is 0 Å². The van der Waals surface area contributed by atoms with E-state index in [1.165, 1.54) is 19.3 Å². The molecule has 1 saturated carbocycles. The Morgan fingerprint density at radius 2 is 1.81 bits per heavy atom. The summed E-state index contributed by atoms with van der Waals surface area (Å²) in [5, 5.41) is 3.16. The highest BCUT2D eigenvalue weighted by molar-refractivity contribution is 7.89. The Morgan fingerprint density at radius 1 is 1.05 bits per heavy atom. The molecule has 5 atom stereocenters. The Balaban J connectivity index is 0.949. The fraction of sp³-hybridized carbons (Fsp3) is 0.558. The number of alkyl carbamates (subject to hydrolysis) is 1. The van der Waals surface area contributed by atoms with Gasteiger partial charge >= 0.3 is 6.09 Å². The van der Waals surface area contributed by atoms with Crippen molar-refractivity contribution in [2.75, 3.05) is 64.9 Å². The topological polar surface area (TPSA) is 130 Å². The number of sulfonamides is 1. The zero-order valence-electron chi connectivity index (χ0n) is 33.8. The molecule has 1 aliphatic carbocycles. The van der Waals surface area contributed by atoms with Gasteiger partial charge in [0, 0.05) is 74.9 Å². The van der Waals surface area contributed by atoms with E-state index in [1.54, 1.807) is 34.5 Å². The van der Waals surface area contributed by atoms with Gasteiger partial charge in [-0.3, -0.25) is 4.79 Å². The number of aromatic nitrogens is 2. The minimum absolute atomic E-state index is 0.0579. The summed E-state index contributed by atoms with van der Waals surface area (Å²) < 4.78 is 57.5. The highest BCUT2D eigenvalue weighted by atomic mass is 32.2. The maximum Gasteiger partial charge on any atom is 0.407 e. The Labute approximate surface area is 341 Å². The second-order valence-corrected chi connectivity index (χ2v) is 18.9. The maximum absolute atomic E-state index is 15.2. The van der Waals surface area contributed by atoms with Gasteiger partial charge in [0.2, 0.25) is 15.9 Å². The van der Waals surface area contributed by atoms with E-state index < -0.39 is 21.5 Å². The van der Waals surface area contributed by atoms with E-state index in [4.69, 9.17) is 9.47 Å². The second-order valence-electron chi connectivity index (χ2n) is 17.0. The summed E-state index contributed by atoms with van der Waals surface area (Å²) in [5.74, 6) is 0.742. The monoisotopic (exact) mass is 817 g/mol. The minimum Gasteiger partial charge on any atom is -0.453 e. The summed E-state index contributed by atoms with van der Waals surface area (Å²) in [4.78, 5) is 36.1. The third-order valence-corrected chi connectivity index (χ3v) is 16.0. The average Bonchev–Trinajstić information content (AvgIpc) is 4.04. The number of rotatable bonds is 13. The van der Waals surface area contributed by atoms with Gasteiger partial charge in [-0.05, 0) is 112 Å². The number of carbonyl (C=O) groups excluding carboxylic acids is 2. The van der Waals surface area contributed by atoms with Gasteiger partial charge in [0.15, 0.2) is 0 Å². The van der Waals surface area contributed by atoms with Gasteiger partial charge in [-0.1, -0.05) is 25.1 Å². The molecule has 13 nitrogen and oxygen atoms in total. The number of methoxy groups -OCH3 is 2. The minimum atomic E-state index is -3.70. The average molecular weight is 818 g/mol. The first-order chi connectivity index (χ1) is 27.9. The number of amides is 2. The number of piperidine rings is 1. The first-order valence-corrected chi connectivity index (χ1v) is 22.0. The van der Waals surface area contributed by atoms with E-state index in [-0.39, 0.29) is 52.2 Å². The standard InChI is InChI=1S/C43H56FN7O6S/c1-5-40(52)50-24-36-23-35(50)25-51(36)58(54,55)37-14-12-34(13-15-37)49-27-42(28-49,57-4)26-47-19-16-31(17-20-47)43(29-48-21-18-45-30(48)2,32-8-6-9-33(44)22-32)38-10-7-11-39(38)46-41(53)56-3/h5-6,8-9,12-15,18,21-22,31,35-36,38-39H,1,7,10-11,16-17,19-20,23-29H2,2-4H3,(H,46,53)/t35-,36-,38-,39-,43-/m0/s1. The van der Waals surface area contributed by atoms with Gasteiger partial charge in [-0.25, -0.2) is 22.6 Å². The van der Waals surface area contributed by atoms with E-state index in [2.05, 4.69) is 37.3 Å². The first-order valence-electron chi connectivity index (χ1n) is 20.6. The molecule has 3 aromatic rings. The fourth-order valence-corrected chi connectivity index (χ4v) is 12.8. The number of nitrogens with one attached hydrogen (secondary N) is 1. The van der Waals surface area contributed by atoms with Crippen molar-refractivity contribution in [3.63, 3.8) is 0 Å². The zero-order chi connectivity index (χ0) is 40.8. The van der Waals surface area contributed by atoms with Gasteiger partial charge in [0.05, 0.1) is 25.1 Å². The van der Waals surface area contributed by atoms with Crippen LogP contribution in [0.4, 0.5) is 14.9 Å². The normalized spacial score (nSPS) is 26.0. The molecular weight excluding hydrogens is 762 g/mol. The molecule has 5 fully saturated rings. The summed E-state index contributed by atoms with van der Waals surface area (Å²) >= 11 is 0. The van der Waals surface area contributed by atoms with Crippen molar-refractivity contribution >= 4 is 27.7 Å². The molecule has 0 radical (unpaired) electrons. The van der Waals surface area contributed by atoms with Crippen LogP contribution in [0.25, 0.3) is 0 Å². The van der Waals surface area contributed by atoms with Crippen molar-refractivity contribution in [2.24, 2.45) is 11.8 Å². The maximum atomic E-state index is 15.2. The number of halogens is 1. The lowest BCUT2D eigenvalue weighted by atomic mass is 9.58. The molecule has 0 spiro atoms. The van der Waals surface area contributed by atoms with Crippen LogP contribution < -0.4 is 10.2 Å². The lowest BCUT2D eigenvalue weighted by Gasteiger charge is -2.54. The number of anilines is 1. The molecule has 5 heterocycles. The van der Waals surface area contributed by atoms with Crippen LogP contribution in [0.1, 0.15) is 49.9 Å². The quantitative estimate of drug-likeness (QED) is 0.247. The molecule has 15 heteroatoms. The van der Waals surface area contributed by atoms with Gasteiger partial charge in [0.25, 0.3) is 0 Å². The molecule has 4 aliphatic heterocycles. The van der Waals surface area contributed by atoms with Crippen LogP contribution >= 0.6 is 0 Å². The third-order valence-electron chi connectivity index (χ3n) is 14.1. The fourth-order valence-electron chi connectivity index (χ4n) is 11.1. The summed E-state index contributed by atoms with van der Waals surface area (Å²) in [6, 6.07) is 13.8. The predicted octanol–water partition coefficient (Wildman–Crippen LogP) is 4.57. The van der Waals surface area contributed by atoms with E-state index in [0.29, 0.717) is 39.1 Å². The molecular formula is C43H56FN7O6S. The number of likely N-dealkylation sites (tertiary alicyclic amines) is 2. The van der Waals surface area contributed by atoms with Crippen molar-refractivity contribution in [1.29, 1.82) is 0 Å². The largest absolute Gasteiger partial charge is 0.453 e. The molecule has 5 aliphatic rings. The number of nitrogens with zero attached hydrogens (tertiary/aromatic N) is 6. The molecule has 2 aromatic carbocycles. The number of hydrogen-bond acceptors (Lipinski definition) is 9. The SMILES string of the molecule is C=CC(=O)N1C[C@@H]2C[C@H]1CN2S(=O)(=O)c1ccc(N2CC(CN3CCC([C@@](Cn4ccnc4C)(c4cccc(F)c4)[C@H]4CCC[C@@H]4NC(=O)OC)CC3)(OC)C2)cc1. The lowest BCUT2D eigenvalue weighted by Crippen LogP contribution is -2.68. The zero-order valence-corrected chi connectivity index (χ0v) is 34.6. The number of piperazine rings is 1. The molecule has 2 bridgehead atoms. The Hall–Kier alpha value is -4.31. The summed E-state index contributed by atoms with van der Waals surface area (Å²) in [6.45, 7) is 10.7. The van der Waals surface area contributed by atoms with Crippen LogP contribution in [0, 0.1) is 24.6 Å². The lowest BCUT2D eigenvalue weighted by molar-refractivity contribution is -0.127.